The highest BCUT2D eigenvalue weighted by molar-refractivity contribution is 7.90. The van der Waals surface area contributed by atoms with Gasteiger partial charge < -0.3 is 10.1 Å². The minimum Gasteiger partial charge on any atom is -0.493 e. The Morgan fingerprint density at radius 3 is 2.62 bits per heavy atom. The number of unbranched alkanes of at least 4 members (excludes halogenated alkanes) is 2. The van der Waals surface area contributed by atoms with Gasteiger partial charge in [-0.15, -0.1) is 0 Å². The maximum absolute atomic E-state index is 11.6. The summed E-state index contributed by atoms with van der Waals surface area (Å²) in [7, 11) is -3.13. The van der Waals surface area contributed by atoms with Crippen molar-refractivity contribution in [3.8, 4) is 5.75 Å². The van der Waals surface area contributed by atoms with Crippen LogP contribution in [0.1, 0.15) is 46.0 Å². The predicted molar refractivity (Wildman–Crippen MR) is 99.1 cm³/mol. The minimum absolute atomic E-state index is 0.367. The summed E-state index contributed by atoms with van der Waals surface area (Å²) in [5, 5.41) is 3.03. The number of nitrogens with one attached hydrogen (secondary N) is 2. The van der Waals surface area contributed by atoms with Gasteiger partial charge in [0.1, 0.15) is 5.75 Å². The number of hydrogen-bond donors (Lipinski definition) is 2. The first-order valence-electron chi connectivity index (χ1n) is 8.92. The van der Waals surface area contributed by atoms with Crippen molar-refractivity contribution in [3.05, 3.63) is 24.3 Å². The van der Waals surface area contributed by atoms with Crippen molar-refractivity contribution < 1.29 is 13.2 Å². The second kappa shape index (κ2) is 9.28. The molecule has 5 nitrogen and oxygen atoms in total. The van der Waals surface area contributed by atoms with E-state index in [9.17, 15) is 8.42 Å². The monoisotopic (exact) mass is 354 g/mol. The molecule has 1 aromatic carbocycles. The van der Waals surface area contributed by atoms with Gasteiger partial charge in [0, 0.05) is 24.8 Å². The van der Waals surface area contributed by atoms with Gasteiger partial charge in [0.15, 0.2) is 0 Å². The van der Waals surface area contributed by atoms with Gasteiger partial charge in [-0.25, -0.2) is 13.1 Å². The molecule has 1 aromatic rings. The quantitative estimate of drug-likeness (QED) is 0.565. The SMILES string of the molecule is CC(C)S(=O)(=O)NCCCCCNc1cccc(OCC2CC2)c1. The number of anilines is 1. The molecule has 0 saturated heterocycles. The molecular weight excluding hydrogens is 324 g/mol. The van der Waals surface area contributed by atoms with Crippen molar-refractivity contribution in [2.75, 3.05) is 25.0 Å². The Morgan fingerprint density at radius 2 is 1.92 bits per heavy atom. The lowest BCUT2D eigenvalue weighted by atomic mass is 10.2. The molecule has 2 N–H and O–H groups in total. The third kappa shape index (κ3) is 7.09. The predicted octanol–water partition coefficient (Wildman–Crippen LogP) is 3.39. The molecule has 2 rings (SSSR count). The maximum Gasteiger partial charge on any atom is 0.213 e. The van der Waals surface area contributed by atoms with E-state index in [4.69, 9.17) is 4.74 Å². The fraction of sp³-hybridized carbons (Fsp3) is 0.667. The first-order valence-corrected chi connectivity index (χ1v) is 10.5. The highest BCUT2D eigenvalue weighted by atomic mass is 32.2. The summed E-state index contributed by atoms with van der Waals surface area (Å²) in [5.41, 5.74) is 1.07. The van der Waals surface area contributed by atoms with Crippen molar-refractivity contribution >= 4 is 15.7 Å². The largest absolute Gasteiger partial charge is 0.493 e. The van der Waals surface area contributed by atoms with E-state index in [2.05, 4.69) is 10.0 Å². The van der Waals surface area contributed by atoms with Gasteiger partial charge in [-0.1, -0.05) is 12.5 Å². The van der Waals surface area contributed by atoms with Gasteiger partial charge in [-0.2, -0.15) is 0 Å². The van der Waals surface area contributed by atoms with Crippen molar-refractivity contribution in [1.82, 2.24) is 4.72 Å². The summed E-state index contributed by atoms with van der Waals surface area (Å²) in [6, 6.07) is 8.08. The molecule has 1 aliphatic carbocycles. The van der Waals surface area contributed by atoms with Crippen LogP contribution < -0.4 is 14.8 Å². The molecule has 0 heterocycles. The fourth-order valence-electron chi connectivity index (χ4n) is 2.24. The van der Waals surface area contributed by atoms with E-state index in [1.807, 2.05) is 24.3 Å². The third-order valence-corrected chi connectivity index (χ3v) is 5.97. The van der Waals surface area contributed by atoms with E-state index >= 15 is 0 Å². The zero-order chi connectivity index (χ0) is 17.4. The minimum atomic E-state index is -3.13. The van der Waals surface area contributed by atoms with Crippen LogP contribution in [0.15, 0.2) is 24.3 Å². The molecule has 136 valence electrons. The van der Waals surface area contributed by atoms with Crippen LogP contribution in [0.25, 0.3) is 0 Å². The summed E-state index contributed by atoms with van der Waals surface area (Å²) in [6.07, 6.45) is 5.46. The lowest BCUT2D eigenvalue weighted by Gasteiger charge is -2.10. The second-order valence-corrected chi connectivity index (χ2v) is 9.08. The summed E-state index contributed by atoms with van der Waals surface area (Å²) < 4.78 is 31.6. The molecule has 0 aliphatic heterocycles. The van der Waals surface area contributed by atoms with Gasteiger partial charge in [0.2, 0.25) is 10.0 Å². The summed E-state index contributed by atoms with van der Waals surface area (Å²) in [5.74, 6) is 1.68. The zero-order valence-corrected chi connectivity index (χ0v) is 15.6. The smallest absolute Gasteiger partial charge is 0.213 e. The molecule has 6 heteroatoms. The normalized spacial score (nSPS) is 14.8. The van der Waals surface area contributed by atoms with E-state index in [1.54, 1.807) is 13.8 Å². The molecule has 1 fully saturated rings. The average Bonchev–Trinajstić information content (AvgIpc) is 3.36. The van der Waals surface area contributed by atoms with Crippen LogP contribution in [0, 0.1) is 5.92 Å². The number of rotatable bonds is 12. The van der Waals surface area contributed by atoms with E-state index in [-0.39, 0.29) is 5.25 Å². The highest BCUT2D eigenvalue weighted by Gasteiger charge is 2.21. The Kier molecular flexibility index (Phi) is 7.37. The number of benzene rings is 1. The van der Waals surface area contributed by atoms with Crippen LogP contribution in [-0.2, 0) is 10.0 Å². The fourth-order valence-corrected chi connectivity index (χ4v) is 3.00. The average molecular weight is 355 g/mol. The zero-order valence-electron chi connectivity index (χ0n) is 14.8. The molecule has 0 spiro atoms. The lowest BCUT2D eigenvalue weighted by Crippen LogP contribution is -2.31. The number of sulfonamides is 1. The van der Waals surface area contributed by atoms with Gasteiger partial charge in [-0.05, 0) is 57.6 Å². The van der Waals surface area contributed by atoms with Crippen molar-refractivity contribution in [2.24, 2.45) is 5.92 Å². The Bertz CT molecular complexity index is 598. The maximum atomic E-state index is 11.6. The van der Waals surface area contributed by atoms with Crippen LogP contribution in [0.3, 0.4) is 0 Å². The van der Waals surface area contributed by atoms with Crippen LogP contribution in [0.5, 0.6) is 5.75 Å². The number of hydrogen-bond acceptors (Lipinski definition) is 4. The summed E-state index contributed by atoms with van der Waals surface area (Å²) in [4.78, 5) is 0. The van der Waals surface area contributed by atoms with Gasteiger partial charge in [0.05, 0.1) is 11.9 Å². The molecule has 0 bridgehead atoms. The molecule has 1 aliphatic rings. The standard InChI is InChI=1S/C18H30N2O3S/c1-15(2)24(21,22)20-12-5-3-4-11-19-17-7-6-8-18(13-17)23-14-16-9-10-16/h6-8,13,15-16,19-20H,3-5,9-12,14H2,1-2H3. The Balaban J connectivity index is 1.56. The Hall–Kier alpha value is -1.27. The topological polar surface area (TPSA) is 67.4 Å². The summed E-state index contributed by atoms with van der Waals surface area (Å²) in [6.45, 7) is 5.60. The van der Waals surface area contributed by atoms with E-state index < -0.39 is 10.0 Å². The van der Waals surface area contributed by atoms with Crippen molar-refractivity contribution in [2.45, 2.75) is 51.2 Å². The third-order valence-electron chi connectivity index (χ3n) is 4.12. The molecule has 0 radical (unpaired) electrons. The molecule has 0 amide bonds. The van der Waals surface area contributed by atoms with Crippen LogP contribution >= 0.6 is 0 Å². The van der Waals surface area contributed by atoms with E-state index in [0.717, 1.165) is 49.8 Å². The Labute approximate surface area is 146 Å². The van der Waals surface area contributed by atoms with Crippen LogP contribution in [0.2, 0.25) is 0 Å². The molecule has 0 unspecified atom stereocenters. The Morgan fingerprint density at radius 1 is 1.17 bits per heavy atom. The van der Waals surface area contributed by atoms with Gasteiger partial charge in [0.25, 0.3) is 0 Å². The molecule has 0 atom stereocenters. The van der Waals surface area contributed by atoms with Gasteiger partial charge in [-0.3, -0.25) is 0 Å². The molecular formula is C18H30N2O3S. The molecule has 1 saturated carbocycles. The second-order valence-electron chi connectivity index (χ2n) is 6.76. The van der Waals surface area contributed by atoms with E-state index in [0.29, 0.717) is 6.54 Å². The van der Waals surface area contributed by atoms with Crippen molar-refractivity contribution in [1.29, 1.82) is 0 Å². The highest BCUT2D eigenvalue weighted by Crippen LogP contribution is 2.30. The van der Waals surface area contributed by atoms with Crippen LogP contribution in [0.4, 0.5) is 5.69 Å². The first kappa shape index (κ1) is 19.1. The summed E-state index contributed by atoms with van der Waals surface area (Å²) >= 11 is 0. The molecule has 0 aromatic heterocycles. The van der Waals surface area contributed by atoms with Crippen molar-refractivity contribution in [3.63, 3.8) is 0 Å². The van der Waals surface area contributed by atoms with Crippen LogP contribution in [-0.4, -0.2) is 33.4 Å². The lowest BCUT2D eigenvalue weighted by molar-refractivity contribution is 0.300. The first-order chi connectivity index (χ1) is 11.5. The number of ether oxygens (including phenoxy) is 1. The molecule has 24 heavy (non-hydrogen) atoms. The van der Waals surface area contributed by atoms with Gasteiger partial charge >= 0.3 is 0 Å². The van der Waals surface area contributed by atoms with E-state index in [1.165, 1.54) is 12.8 Å².